The zero-order chi connectivity index (χ0) is 13.4. The molecule has 1 saturated carbocycles. The Morgan fingerprint density at radius 1 is 1.47 bits per heavy atom. The molecule has 0 aliphatic heterocycles. The Kier molecular flexibility index (Phi) is 2.90. The highest BCUT2D eigenvalue weighted by atomic mass is 32.2. The fraction of sp³-hybridized carbons (Fsp3) is 0.250. The maximum atomic E-state index is 11.6. The van der Waals surface area contributed by atoms with Crippen LogP contribution in [0, 0.1) is 0 Å². The molecule has 98 valence electrons. The highest BCUT2D eigenvalue weighted by molar-refractivity contribution is 7.99. The second kappa shape index (κ2) is 4.58. The summed E-state index contributed by atoms with van der Waals surface area (Å²) in [7, 11) is 0. The van der Waals surface area contributed by atoms with Crippen LogP contribution in [0.1, 0.15) is 29.2 Å². The van der Waals surface area contributed by atoms with E-state index in [1.165, 1.54) is 17.8 Å². The van der Waals surface area contributed by atoms with Gasteiger partial charge in [0, 0.05) is 10.9 Å². The SMILES string of the molecule is O=C(O)c1cccc(Sc2n[nH]c(=O)n2C2CC2)c1. The van der Waals surface area contributed by atoms with E-state index in [9.17, 15) is 9.59 Å². The van der Waals surface area contributed by atoms with Gasteiger partial charge in [-0.3, -0.25) is 4.57 Å². The largest absolute Gasteiger partial charge is 0.478 e. The molecule has 1 heterocycles. The quantitative estimate of drug-likeness (QED) is 0.889. The minimum Gasteiger partial charge on any atom is -0.478 e. The summed E-state index contributed by atoms with van der Waals surface area (Å²) in [5.74, 6) is -0.968. The second-order valence-electron chi connectivity index (χ2n) is 4.35. The van der Waals surface area contributed by atoms with Gasteiger partial charge in [-0.05, 0) is 42.8 Å². The van der Waals surface area contributed by atoms with Crippen molar-refractivity contribution in [1.82, 2.24) is 14.8 Å². The van der Waals surface area contributed by atoms with Crippen molar-refractivity contribution >= 4 is 17.7 Å². The highest BCUT2D eigenvalue weighted by Crippen LogP contribution is 2.37. The maximum Gasteiger partial charge on any atom is 0.344 e. The van der Waals surface area contributed by atoms with Crippen LogP contribution in [-0.2, 0) is 0 Å². The lowest BCUT2D eigenvalue weighted by Gasteiger charge is -2.04. The Labute approximate surface area is 112 Å². The number of aromatic nitrogens is 3. The second-order valence-corrected chi connectivity index (χ2v) is 5.39. The lowest BCUT2D eigenvalue weighted by Crippen LogP contribution is -2.15. The number of carboxylic acid groups (broad SMARTS) is 1. The number of hydrogen-bond donors (Lipinski definition) is 2. The number of aromatic amines is 1. The Hall–Kier alpha value is -2.02. The first kappa shape index (κ1) is 12.0. The van der Waals surface area contributed by atoms with Gasteiger partial charge in [0.15, 0.2) is 5.16 Å². The fourth-order valence-electron chi connectivity index (χ4n) is 1.82. The predicted octanol–water partition coefficient (Wildman–Crippen LogP) is 1.76. The molecule has 0 spiro atoms. The van der Waals surface area contributed by atoms with Crippen molar-refractivity contribution in [2.75, 3.05) is 0 Å². The molecule has 6 nitrogen and oxygen atoms in total. The lowest BCUT2D eigenvalue weighted by atomic mass is 10.2. The molecule has 7 heteroatoms. The highest BCUT2D eigenvalue weighted by Gasteiger charge is 2.28. The minimum absolute atomic E-state index is 0.209. The molecule has 1 aromatic heterocycles. The molecule has 2 aromatic rings. The zero-order valence-electron chi connectivity index (χ0n) is 9.87. The zero-order valence-corrected chi connectivity index (χ0v) is 10.7. The van der Waals surface area contributed by atoms with Crippen LogP contribution >= 0.6 is 11.8 Å². The first-order valence-corrected chi connectivity index (χ1v) is 6.65. The Morgan fingerprint density at radius 2 is 2.26 bits per heavy atom. The summed E-state index contributed by atoms with van der Waals surface area (Å²) < 4.78 is 1.64. The van der Waals surface area contributed by atoms with Gasteiger partial charge in [-0.15, -0.1) is 5.10 Å². The molecule has 0 radical (unpaired) electrons. The molecular formula is C12H11N3O3S. The molecule has 2 N–H and O–H groups in total. The van der Waals surface area contributed by atoms with Crippen LogP contribution in [-0.4, -0.2) is 25.8 Å². The van der Waals surface area contributed by atoms with E-state index in [0.717, 1.165) is 17.7 Å². The monoisotopic (exact) mass is 277 g/mol. The number of H-pyrrole nitrogens is 1. The summed E-state index contributed by atoms with van der Waals surface area (Å²) in [6.07, 6.45) is 1.98. The van der Waals surface area contributed by atoms with Crippen LogP contribution in [0.2, 0.25) is 0 Å². The van der Waals surface area contributed by atoms with E-state index in [4.69, 9.17) is 5.11 Å². The summed E-state index contributed by atoms with van der Waals surface area (Å²) in [5, 5.41) is 15.9. The number of aromatic carboxylic acids is 1. The van der Waals surface area contributed by atoms with Crippen molar-refractivity contribution in [1.29, 1.82) is 0 Å². The molecule has 0 amide bonds. The molecule has 1 aliphatic rings. The van der Waals surface area contributed by atoms with Gasteiger partial charge in [-0.2, -0.15) is 0 Å². The molecule has 19 heavy (non-hydrogen) atoms. The van der Waals surface area contributed by atoms with Gasteiger partial charge >= 0.3 is 11.7 Å². The smallest absolute Gasteiger partial charge is 0.344 e. The number of nitrogens with one attached hydrogen (secondary N) is 1. The molecule has 0 atom stereocenters. The van der Waals surface area contributed by atoms with Gasteiger partial charge < -0.3 is 5.11 Å². The van der Waals surface area contributed by atoms with Crippen LogP contribution in [0.3, 0.4) is 0 Å². The average Bonchev–Trinajstić information content (AvgIpc) is 3.15. The van der Waals surface area contributed by atoms with Crippen LogP contribution in [0.4, 0.5) is 0 Å². The number of carboxylic acids is 1. The van der Waals surface area contributed by atoms with Crippen molar-refractivity contribution in [3.63, 3.8) is 0 Å². The van der Waals surface area contributed by atoms with E-state index in [-0.39, 0.29) is 17.3 Å². The number of carbonyl (C=O) groups is 1. The molecule has 1 aromatic carbocycles. The molecule has 0 saturated heterocycles. The summed E-state index contributed by atoms with van der Waals surface area (Å²) in [6.45, 7) is 0. The third kappa shape index (κ3) is 2.41. The summed E-state index contributed by atoms with van der Waals surface area (Å²) in [4.78, 5) is 23.3. The van der Waals surface area contributed by atoms with E-state index < -0.39 is 5.97 Å². The van der Waals surface area contributed by atoms with Crippen molar-refractivity contribution < 1.29 is 9.90 Å². The molecular weight excluding hydrogens is 266 g/mol. The fourth-order valence-corrected chi connectivity index (χ4v) is 2.78. The average molecular weight is 277 g/mol. The number of rotatable bonds is 4. The third-order valence-corrected chi connectivity index (χ3v) is 3.83. The summed E-state index contributed by atoms with van der Waals surface area (Å²) >= 11 is 1.29. The molecule has 0 bridgehead atoms. The maximum absolute atomic E-state index is 11.6. The molecule has 0 unspecified atom stereocenters. The van der Waals surface area contributed by atoms with E-state index in [1.807, 2.05) is 0 Å². The van der Waals surface area contributed by atoms with E-state index in [2.05, 4.69) is 10.2 Å². The first-order valence-electron chi connectivity index (χ1n) is 5.83. The number of benzene rings is 1. The van der Waals surface area contributed by atoms with Crippen LogP contribution in [0.15, 0.2) is 39.1 Å². The van der Waals surface area contributed by atoms with Gasteiger partial charge in [-0.1, -0.05) is 6.07 Å². The summed E-state index contributed by atoms with van der Waals surface area (Å²) in [6, 6.07) is 6.82. The number of nitrogens with zero attached hydrogens (tertiary/aromatic N) is 2. The van der Waals surface area contributed by atoms with Gasteiger partial charge in [0.1, 0.15) is 0 Å². The molecule has 3 rings (SSSR count). The van der Waals surface area contributed by atoms with Crippen LogP contribution in [0.5, 0.6) is 0 Å². The first-order chi connectivity index (χ1) is 9.15. The predicted molar refractivity (Wildman–Crippen MR) is 68.6 cm³/mol. The number of hydrogen-bond acceptors (Lipinski definition) is 4. The van der Waals surface area contributed by atoms with Crippen molar-refractivity contribution in [2.45, 2.75) is 28.9 Å². The van der Waals surface area contributed by atoms with Gasteiger partial charge in [0.05, 0.1) is 5.56 Å². The molecule has 1 fully saturated rings. The summed E-state index contributed by atoms with van der Waals surface area (Å²) in [5.41, 5.74) is 0.0141. The van der Waals surface area contributed by atoms with Crippen molar-refractivity contribution in [2.24, 2.45) is 0 Å². The normalized spacial score (nSPS) is 14.5. The van der Waals surface area contributed by atoms with Gasteiger partial charge in [-0.25, -0.2) is 14.7 Å². The topological polar surface area (TPSA) is 88.0 Å². The standard InChI is InChI=1S/C12H11N3O3S/c16-10(17)7-2-1-3-9(6-7)19-12-14-13-11(18)15(12)8-4-5-8/h1-3,6,8H,4-5H2,(H,13,18)(H,16,17). The van der Waals surface area contributed by atoms with Crippen molar-refractivity contribution in [3.05, 3.63) is 40.3 Å². The van der Waals surface area contributed by atoms with Gasteiger partial charge in [0.25, 0.3) is 0 Å². The van der Waals surface area contributed by atoms with Crippen LogP contribution in [0.25, 0.3) is 0 Å². The van der Waals surface area contributed by atoms with Crippen LogP contribution < -0.4 is 5.69 Å². The Morgan fingerprint density at radius 3 is 2.95 bits per heavy atom. The third-order valence-electron chi connectivity index (χ3n) is 2.87. The van der Waals surface area contributed by atoms with E-state index in [1.54, 1.807) is 22.8 Å². The van der Waals surface area contributed by atoms with Crippen molar-refractivity contribution in [3.8, 4) is 0 Å². The van der Waals surface area contributed by atoms with E-state index >= 15 is 0 Å². The Bertz CT molecular complexity index is 688. The van der Waals surface area contributed by atoms with E-state index in [0.29, 0.717) is 5.16 Å². The minimum atomic E-state index is -0.968. The molecule has 1 aliphatic carbocycles. The Balaban J connectivity index is 1.91. The van der Waals surface area contributed by atoms with Gasteiger partial charge in [0.2, 0.25) is 0 Å². The lowest BCUT2D eigenvalue weighted by molar-refractivity contribution is 0.0696.